The number of aryl methyl sites for hydroxylation is 1. The first-order valence-electron chi connectivity index (χ1n) is 7.88. The van der Waals surface area contributed by atoms with Crippen LogP contribution in [-0.4, -0.2) is 30.5 Å². The molecule has 27 heavy (non-hydrogen) atoms. The van der Waals surface area contributed by atoms with Crippen LogP contribution in [0.3, 0.4) is 0 Å². The van der Waals surface area contributed by atoms with Gasteiger partial charge in [-0.2, -0.15) is 4.98 Å². The van der Waals surface area contributed by atoms with Crippen LogP contribution in [0.5, 0.6) is 0 Å². The quantitative estimate of drug-likeness (QED) is 0.540. The van der Waals surface area contributed by atoms with Crippen molar-refractivity contribution in [2.45, 2.75) is 13.3 Å². The minimum Gasteiger partial charge on any atom is -0.295 e. The van der Waals surface area contributed by atoms with E-state index < -0.39 is 5.91 Å². The highest BCUT2D eigenvalue weighted by Crippen LogP contribution is 2.27. The Morgan fingerprint density at radius 3 is 2.89 bits per heavy atom. The Kier molecular flexibility index (Phi) is 4.77. The fourth-order valence-electron chi connectivity index (χ4n) is 2.46. The molecule has 136 valence electrons. The molecule has 0 atom stereocenters. The highest BCUT2D eigenvalue weighted by Gasteiger charge is 2.16. The van der Waals surface area contributed by atoms with Crippen molar-refractivity contribution in [2.75, 3.05) is 5.32 Å². The Labute approximate surface area is 168 Å². The average Bonchev–Trinajstić information content (AvgIpc) is 3.25. The van der Waals surface area contributed by atoms with Crippen LogP contribution in [-0.2, 0) is 6.42 Å². The van der Waals surface area contributed by atoms with Crippen LogP contribution in [0.2, 0.25) is 10.0 Å². The van der Waals surface area contributed by atoms with Crippen LogP contribution in [0.15, 0.2) is 36.7 Å². The molecule has 4 aromatic rings. The number of amides is 1. The van der Waals surface area contributed by atoms with Crippen molar-refractivity contribution in [3.05, 3.63) is 68.7 Å². The van der Waals surface area contributed by atoms with Crippen LogP contribution in [0, 0.1) is 6.92 Å². The zero-order valence-electron chi connectivity index (χ0n) is 14.0. The van der Waals surface area contributed by atoms with Crippen molar-refractivity contribution in [3.63, 3.8) is 0 Å². The summed E-state index contributed by atoms with van der Waals surface area (Å²) in [5.74, 6) is -0.0306. The summed E-state index contributed by atoms with van der Waals surface area (Å²) in [4.78, 5) is 25.8. The molecule has 3 heterocycles. The third kappa shape index (κ3) is 3.78. The lowest BCUT2D eigenvalue weighted by molar-refractivity contribution is 0.101. The maximum Gasteiger partial charge on any atom is 0.297 e. The standard InChI is InChI=1S/C17H12Cl2N6OS/c1-9-4-5-20-16-22-14(24-25(9)16)15(26)23-17-21-8-12(27-17)6-10-2-3-11(18)7-13(10)19/h2-5,7-8H,6H2,1H3,(H,21,23,26). The number of carbonyl (C=O) groups excluding carboxylic acids is 1. The minimum absolute atomic E-state index is 0.0364. The van der Waals surface area contributed by atoms with Crippen LogP contribution >= 0.6 is 34.5 Å². The SMILES string of the molecule is Cc1ccnc2nc(C(=O)Nc3ncc(Cc4ccc(Cl)cc4Cl)s3)nn12. The van der Waals surface area contributed by atoms with Crippen LogP contribution in [0.25, 0.3) is 5.78 Å². The third-order valence-corrected chi connectivity index (χ3v) is 5.29. The van der Waals surface area contributed by atoms with Crippen LogP contribution < -0.4 is 5.32 Å². The van der Waals surface area contributed by atoms with E-state index in [1.165, 1.54) is 15.9 Å². The predicted octanol–water partition coefficient (Wildman–Crippen LogP) is 4.04. The van der Waals surface area contributed by atoms with Crippen LogP contribution in [0.4, 0.5) is 5.13 Å². The molecule has 0 aliphatic heterocycles. The number of aromatic nitrogens is 5. The molecule has 0 spiro atoms. The molecule has 3 aromatic heterocycles. The summed E-state index contributed by atoms with van der Waals surface area (Å²) < 4.78 is 1.52. The second kappa shape index (κ2) is 7.22. The first-order chi connectivity index (χ1) is 13.0. The van der Waals surface area contributed by atoms with E-state index in [9.17, 15) is 4.79 Å². The summed E-state index contributed by atoms with van der Waals surface area (Å²) in [7, 11) is 0. The van der Waals surface area contributed by atoms with Gasteiger partial charge in [0.25, 0.3) is 11.7 Å². The van der Waals surface area contributed by atoms with Crippen molar-refractivity contribution < 1.29 is 4.79 Å². The fraction of sp³-hybridized carbons (Fsp3) is 0.118. The number of halogens is 2. The van der Waals surface area contributed by atoms with Gasteiger partial charge in [-0.1, -0.05) is 29.3 Å². The maximum absolute atomic E-state index is 12.4. The van der Waals surface area contributed by atoms with Crippen molar-refractivity contribution in [2.24, 2.45) is 0 Å². The van der Waals surface area contributed by atoms with E-state index in [0.717, 1.165) is 16.1 Å². The molecule has 1 amide bonds. The second-order valence-electron chi connectivity index (χ2n) is 5.73. The average molecular weight is 419 g/mol. The van der Waals surface area contributed by atoms with Gasteiger partial charge >= 0.3 is 0 Å². The van der Waals surface area contributed by atoms with Gasteiger partial charge in [-0.15, -0.1) is 16.4 Å². The zero-order chi connectivity index (χ0) is 19.0. The molecular weight excluding hydrogens is 407 g/mol. The van der Waals surface area contributed by atoms with E-state index in [-0.39, 0.29) is 5.82 Å². The van der Waals surface area contributed by atoms with Gasteiger partial charge in [0.15, 0.2) is 5.13 Å². The van der Waals surface area contributed by atoms with Gasteiger partial charge in [0.05, 0.1) is 0 Å². The van der Waals surface area contributed by atoms with E-state index in [1.54, 1.807) is 30.6 Å². The van der Waals surface area contributed by atoms with Crippen LogP contribution in [0.1, 0.15) is 26.8 Å². The highest BCUT2D eigenvalue weighted by molar-refractivity contribution is 7.15. The molecule has 1 N–H and O–H groups in total. The van der Waals surface area contributed by atoms with Gasteiger partial charge in [0.2, 0.25) is 5.82 Å². The van der Waals surface area contributed by atoms with Crippen molar-refractivity contribution in [1.82, 2.24) is 24.6 Å². The van der Waals surface area contributed by atoms with E-state index in [0.29, 0.717) is 27.4 Å². The number of fused-ring (bicyclic) bond motifs is 1. The lowest BCUT2D eigenvalue weighted by Crippen LogP contribution is -2.13. The normalized spacial score (nSPS) is 11.1. The van der Waals surface area contributed by atoms with E-state index in [1.807, 2.05) is 13.0 Å². The molecule has 1 aromatic carbocycles. The molecular formula is C17H12Cl2N6OS. The van der Waals surface area contributed by atoms with Gasteiger partial charge in [-0.05, 0) is 30.7 Å². The number of hydrogen-bond donors (Lipinski definition) is 1. The van der Waals surface area contributed by atoms with Gasteiger partial charge in [-0.3, -0.25) is 10.1 Å². The van der Waals surface area contributed by atoms with Gasteiger partial charge in [-0.25, -0.2) is 14.5 Å². The number of nitrogens with zero attached hydrogens (tertiary/aromatic N) is 5. The minimum atomic E-state index is -0.440. The number of benzene rings is 1. The zero-order valence-corrected chi connectivity index (χ0v) is 16.3. The smallest absolute Gasteiger partial charge is 0.295 e. The molecule has 0 aliphatic rings. The Morgan fingerprint density at radius 2 is 2.11 bits per heavy atom. The van der Waals surface area contributed by atoms with E-state index in [2.05, 4.69) is 25.4 Å². The van der Waals surface area contributed by atoms with Crippen molar-refractivity contribution in [3.8, 4) is 0 Å². The Balaban J connectivity index is 1.49. The largest absolute Gasteiger partial charge is 0.297 e. The number of nitrogens with one attached hydrogen (secondary N) is 1. The first-order valence-corrected chi connectivity index (χ1v) is 9.45. The Morgan fingerprint density at radius 1 is 1.26 bits per heavy atom. The Hall–Kier alpha value is -2.55. The number of thiazole rings is 1. The Bertz CT molecular complexity index is 1160. The molecule has 10 heteroatoms. The molecule has 0 saturated heterocycles. The summed E-state index contributed by atoms with van der Waals surface area (Å²) in [6, 6.07) is 7.15. The molecule has 4 rings (SSSR count). The molecule has 0 radical (unpaired) electrons. The van der Waals surface area contributed by atoms with E-state index >= 15 is 0 Å². The summed E-state index contributed by atoms with van der Waals surface area (Å²) in [5.41, 5.74) is 1.77. The third-order valence-electron chi connectivity index (χ3n) is 3.79. The summed E-state index contributed by atoms with van der Waals surface area (Å²) >= 11 is 13.5. The lowest BCUT2D eigenvalue weighted by Gasteiger charge is -2.02. The van der Waals surface area contributed by atoms with Crippen molar-refractivity contribution >= 4 is 51.4 Å². The number of anilines is 1. The number of rotatable bonds is 4. The molecule has 0 fully saturated rings. The lowest BCUT2D eigenvalue weighted by atomic mass is 10.1. The molecule has 7 nitrogen and oxygen atoms in total. The number of hydrogen-bond acceptors (Lipinski definition) is 6. The van der Waals surface area contributed by atoms with E-state index in [4.69, 9.17) is 23.2 Å². The van der Waals surface area contributed by atoms with Gasteiger partial charge in [0, 0.05) is 39.4 Å². The summed E-state index contributed by atoms with van der Waals surface area (Å²) in [6.07, 6.45) is 3.92. The number of carbonyl (C=O) groups is 1. The monoisotopic (exact) mass is 418 g/mol. The molecule has 0 aliphatic carbocycles. The van der Waals surface area contributed by atoms with Gasteiger partial charge < -0.3 is 0 Å². The molecule has 0 unspecified atom stereocenters. The molecule has 0 bridgehead atoms. The first kappa shape index (κ1) is 17.8. The van der Waals surface area contributed by atoms with Crippen molar-refractivity contribution in [1.29, 1.82) is 0 Å². The second-order valence-corrected chi connectivity index (χ2v) is 7.69. The summed E-state index contributed by atoms with van der Waals surface area (Å²) in [5, 5.41) is 8.54. The van der Waals surface area contributed by atoms with Gasteiger partial charge in [0.1, 0.15) is 0 Å². The fourth-order valence-corrected chi connectivity index (χ4v) is 3.76. The highest BCUT2D eigenvalue weighted by atomic mass is 35.5. The maximum atomic E-state index is 12.4. The summed E-state index contributed by atoms with van der Waals surface area (Å²) in [6.45, 7) is 1.86. The molecule has 0 saturated carbocycles. The topological polar surface area (TPSA) is 85.1 Å². The predicted molar refractivity (Wildman–Crippen MR) is 105 cm³/mol.